The molecule has 0 bridgehead atoms. The highest BCUT2D eigenvalue weighted by atomic mass is 79.9. The average molecular weight is 1450 g/mol. The zero-order chi connectivity index (χ0) is 73.4. The number of methoxy groups -OCH3 is 2. The van der Waals surface area contributed by atoms with Gasteiger partial charge in [-0.05, 0) is 287 Å². The smallest absolute Gasteiger partial charge is 0.494 e. The van der Waals surface area contributed by atoms with E-state index < -0.39 is 37.8 Å². The molecular weight excluding hydrogens is 1370 g/mol. The fourth-order valence-electron chi connectivity index (χ4n) is 17.9. The lowest BCUT2D eigenvalue weighted by Crippen LogP contribution is -2.41. The van der Waals surface area contributed by atoms with E-state index in [0.29, 0.717) is 0 Å². The summed E-state index contributed by atoms with van der Waals surface area (Å²) in [5.41, 5.74) is 23.7. The molecule has 0 N–H and O–H groups in total. The normalized spacial score (nSPS) is 18.5. The van der Waals surface area contributed by atoms with E-state index in [2.05, 4.69) is 292 Å². The highest BCUT2D eigenvalue weighted by Gasteiger charge is 2.64. The topological polar surface area (TPSA) is 73.8 Å². The van der Waals surface area contributed by atoms with Crippen molar-refractivity contribution in [1.29, 1.82) is 0 Å². The summed E-state index contributed by atoms with van der Waals surface area (Å²) in [4.78, 5) is 0. The lowest BCUT2D eigenvalue weighted by molar-refractivity contribution is 0.00578. The molecule has 524 valence electrons. The third kappa shape index (κ3) is 10.0. The molecule has 3 saturated heterocycles. The van der Waals surface area contributed by atoms with Crippen molar-refractivity contribution in [3.05, 3.63) is 304 Å². The van der Waals surface area contributed by atoms with E-state index in [-0.39, 0.29) is 27.8 Å². The minimum absolute atomic E-state index is 0.341. The van der Waals surface area contributed by atoms with Crippen molar-refractivity contribution in [2.24, 2.45) is 0 Å². The van der Waals surface area contributed by atoms with Crippen LogP contribution < -0.4 is 14.9 Å². The van der Waals surface area contributed by atoms with Crippen LogP contribution in [-0.4, -0.2) is 69.0 Å². The van der Waals surface area contributed by atoms with Gasteiger partial charge in [0, 0.05) is 4.47 Å². The monoisotopic (exact) mass is 1450 g/mol. The molecule has 0 unspecified atom stereocenters. The van der Waals surface area contributed by atoms with Gasteiger partial charge in [-0.3, -0.25) is 0 Å². The Morgan fingerprint density at radius 1 is 0.255 bits per heavy atom. The Kier molecular flexibility index (Phi) is 15.7. The molecule has 0 amide bonds. The molecule has 0 aromatic heterocycles. The molecule has 3 heterocycles. The van der Waals surface area contributed by atoms with Crippen molar-refractivity contribution in [3.63, 3.8) is 0 Å². The number of benzene rings is 13. The second-order valence-corrected chi connectivity index (χ2v) is 33.4. The standard InChI is InChI=1S/C44H35BO3.C38H25BrO.C12H24B2O4/c1-42(2)43(3,4)48-45(47-42)26-18-20-33-37-24-35-29-13-7-6-12-28(29)34-23-27(46-5)19-21-30(34)36(35)25-41(37)44(40(33)22-26)38-16-10-8-14-31(38)32-15-9-11-17-39(32)44;1-40-27-10-8-9-24(21-27)28-11-2-3-12-29(28)25-17-20-36-33(22-25)32-19-18-26(39)23-37(32)38(36)34-15-6-4-13-30(34)31-14-5-7-16-35(31)38;1-9(2)10(3,4)16-13(15-9)14-17-11(5,6)12(7,8)18-14/h6-25H,1-5H3;2-23H,1H3;1-8H3. The second kappa shape index (κ2) is 24.3. The van der Waals surface area contributed by atoms with E-state index in [1.807, 2.05) is 61.5 Å². The van der Waals surface area contributed by atoms with E-state index in [9.17, 15) is 0 Å². The molecule has 7 aliphatic rings. The van der Waals surface area contributed by atoms with Gasteiger partial charge in [0.25, 0.3) is 0 Å². The first-order valence-corrected chi connectivity index (χ1v) is 37.9. The van der Waals surface area contributed by atoms with E-state index in [4.69, 9.17) is 37.4 Å². The Morgan fingerprint density at radius 3 is 1.13 bits per heavy atom. The summed E-state index contributed by atoms with van der Waals surface area (Å²) in [6.45, 7) is 24.7. The van der Waals surface area contributed by atoms with Gasteiger partial charge in [0.1, 0.15) is 11.5 Å². The molecule has 3 aliphatic heterocycles. The summed E-state index contributed by atoms with van der Waals surface area (Å²) in [6, 6.07) is 93.8. The van der Waals surface area contributed by atoms with Crippen LogP contribution >= 0.6 is 15.9 Å². The number of halogens is 1. The van der Waals surface area contributed by atoms with E-state index in [1.165, 1.54) is 138 Å². The Balaban J connectivity index is 0.000000124. The molecule has 0 saturated carbocycles. The lowest BCUT2D eigenvalue weighted by atomic mass is 9.49. The number of hydrogen-bond donors (Lipinski definition) is 0. The van der Waals surface area contributed by atoms with Gasteiger partial charge in [0.2, 0.25) is 0 Å². The predicted molar refractivity (Wildman–Crippen MR) is 438 cm³/mol. The summed E-state index contributed by atoms with van der Waals surface area (Å²) in [5.74, 6) is 1.73. The quantitative estimate of drug-likeness (QED) is 0.120. The molecule has 3 fully saturated rings. The van der Waals surface area contributed by atoms with Crippen LogP contribution in [0.4, 0.5) is 0 Å². The number of hydrogen-bond acceptors (Lipinski definition) is 8. The van der Waals surface area contributed by atoms with Crippen LogP contribution in [0.2, 0.25) is 0 Å². The number of rotatable bonds is 6. The van der Waals surface area contributed by atoms with Crippen molar-refractivity contribution in [2.45, 2.75) is 128 Å². The van der Waals surface area contributed by atoms with Gasteiger partial charge in [-0.15, -0.1) is 0 Å². The van der Waals surface area contributed by atoms with Gasteiger partial charge < -0.3 is 37.4 Å². The molecule has 4 aliphatic carbocycles. The molecule has 20 rings (SSSR count). The van der Waals surface area contributed by atoms with Crippen LogP contribution in [-0.2, 0) is 38.8 Å². The van der Waals surface area contributed by atoms with Crippen LogP contribution in [0.5, 0.6) is 11.5 Å². The fraction of sp³-hybridized carbons (Fsp3) is 0.234. The van der Waals surface area contributed by atoms with Crippen LogP contribution in [0.1, 0.15) is 128 Å². The van der Waals surface area contributed by atoms with Crippen LogP contribution in [0, 0.1) is 0 Å². The Morgan fingerprint density at radius 2 is 0.623 bits per heavy atom. The molecule has 0 radical (unpaired) electrons. The van der Waals surface area contributed by atoms with E-state index >= 15 is 0 Å². The molecule has 13 aromatic carbocycles. The summed E-state index contributed by atoms with van der Waals surface area (Å²) < 4.78 is 49.4. The van der Waals surface area contributed by atoms with Gasteiger partial charge in [0.05, 0.1) is 58.7 Å². The largest absolute Gasteiger partial charge is 0.497 e. The molecule has 2 spiro atoms. The molecule has 8 nitrogen and oxygen atoms in total. The van der Waals surface area contributed by atoms with Crippen molar-refractivity contribution in [1.82, 2.24) is 0 Å². The zero-order valence-corrected chi connectivity index (χ0v) is 64.2. The van der Waals surface area contributed by atoms with Crippen molar-refractivity contribution in [3.8, 4) is 78.3 Å². The third-order valence-electron chi connectivity index (χ3n) is 25.2. The van der Waals surface area contributed by atoms with Gasteiger partial charge in [-0.25, -0.2) is 0 Å². The van der Waals surface area contributed by atoms with Crippen molar-refractivity contribution < 1.29 is 37.4 Å². The van der Waals surface area contributed by atoms with Gasteiger partial charge in [-0.2, -0.15) is 0 Å². The summed E-state index contributed by atoms with van der Waals surface area (Å²) in [5, 5.41) is 7.44. The fourth-order valence-corrected chi connectivity index (χ4v) is 18.3. The van der Waals surface area contributed by atoms with Gasteiger partial charge in [-0.1, -0.05) is 216 Å². The molecule has 0 atom stereocenters. The number of fused-ring (bicyclic) bond motifs is 26. The first kappa shape index (κ1) is 68.5. The Labute approximate surface area is 631 Å². The molecule has 106 heavy (non-hydrogen) atoms. The van der Waals surface area contributed by atoms with Crippen molar-refractivity contribution >= 4 is 74.8 Å². The second-order valence-electron chi connectivity index (χ2n) is 32.5. The zero-order valence-electron chi connectivity index (χ0n) is 62.6. The SMILES string of the molecule is CC1(C)OB(B2OC(C)(C)C(C)(C)O2)OC1(C)C.COc1ccc2c(c1)c1ccccc1c1cc3c(cc21)C1(c2ccccc2-c2ccccc21)c1cc(B2OC(C)(C)C(C)(C)O2)ccc1-3.COc1cccc(-c2ccccc2-c2ccc3c(c2)-c2ccc(Br)cc2C32c3ccccc3-c3ccccc32)c1. The van der Waals surface area contributed by atoms with Crippen molar-refractivity contribution in [2.75, 3.05) is 14.2 Å². The Bertz CT molecular complexity index is 5640. The van der Waals surface area contributed by atoms with Gasteiger partial charge in [0.15, 0.2) is 0 Å². The van der Waals surface area contributed by atoms with E-state index in [1.54, 1.807) is 14.2 Å². The number of ether oxygens (including phenoxy) is 2. The minimum Gasteiger partial charge on any atom is -0.497 e. The average Bonchev–Trinajstić information content (AvgIpc) is 1.50. The van der Waals surface area contributed by atoms with Crippen LogP contribution in [0.3, 0.4) is 0 Å². The maximum Gasteiger partial charge on any atom is 0.494 e. The lowest BCUT2D eigenvalue weighted by Gasteiger charge is -2.32. The summed E-state index contributed by atoms with van der Waals surface area (Å²) >= 11 is 3.81. The minimum atomic E-state index is -0.490. The summed E-state index contributed by atoms with van der Waals surface area (Å²) in [6.07, 6.45) is 0. The predicted octanol–water partition coefficient (Wildman–Crippen LogP) is 22.2. The molecule has 12 heteroatoms. The highest BCUT2D eigenvalue weighted by molar-refractivity contribution is 9.10. The van der Waals surface area contributed by atoms with Gasteiger partial charge >= 0.3 is 21.1 Å². The first-order chi connectivity index (χ1) is 50.8. The van der Waals surface area contributed by atoms with Crippen LogP contribution in [0.25, 0.3) is 99.1 Å². The Hall–Kier alpha value is -9.33. The third-order valence-corrected chi connectivity index (χ3v) is 25.7. The first-order valence-electron chi connectivity index (χ1n) is 37.1. The maximum atomic E-state index is 6.62. The van der Waals surface area contributed by atoms with E-state index in [0.717, 1.165) is 27.0 Å². The molecule has 13 aromatic rings. The highest BCUT2D eigenvalue weighted by Crippen LogP contribution is 2.66. The molecular formula is C94H84B3BrO8. The van der Waals surface area contributed by atoms with Crippen LogP contribution in [0.15, 0.2) is 259 Å². The summed E-state index contributed by atoms with van der Waals surface area (Å²) in [7, 11) is 2.06. The maximum absolute atomic E-state index is 6.62.